The number of hydrogen-bond acceptors (Lipinski definition) is 1. The second kappa shape index (κ2) is 6.93. The molecule has 1 aliphatic carbocycles. The molecule has 0 bridgehead atoms. The predicted molar refractivity (Wildman–Crippen MR) is 81.5 cm³/mol. The maximum absolute atomic E-state index is 6.00. The Kier molecular flexibility index (Phi) is 6.17. The van der Waals surface area contributed by atoms with E-state index in [4.69, 9.17) is 5.73 Å². The Hall–Kier alpha value is -0.0400. The summed E-state index contributed by atoms with van der Waals surface area (Å²) in [5.74, 6) is 3.45. The molecule has 1 nitrogen and oxygen atoms in total. The summed E-state index contributed by atoms with van der Waals surface area (Å²) < 4.78 is 0. The van der Waals surface area contributed by atoms with Gasteiger partial charge in [-0.1, -0.05) is 47.5 Å². The standard InChI is InChI=1S/C17H35N/c1-6-15-11-17(4,5)10-14(12-18)9-16(15)8-7-13(2)3/h13-16H,6-12,18H2,1-5H3. The van der Waals surface area contributed by atoms with Crippen molar-refractivity contribution in [1.29, 1.82) is 0 Å². The third kappa shape index (κ3) is 4.91. The predicted octanol–water partition coefficient (Wildman–Crippen LogP) is 4.85. The first kappa shape index (κ1) is 16.0. The molecule has 0 aliphatic heterocycles. The van der Waals surface area contributed by atoms with E-state index in [0.717, 1.165) is 30.2 Å². The second-order valence-corrected chi connectivity index (χ2v) is 7.81. The van der Waals surface area contributed by atoms with Gasteiger partial charge in [-0.05, 0) is 61.3 Å². The lowest BCUT2D eigenvalue weighted by Gasteiger charge is -2.30. The first-order valence-electron chi connectivity index (χ1n) is 8.08. The van der Waals surface area contributed by atoms with Crippen molar-refractivity contribution in [3.8, 4) is 0 Å². The summed E-state index contributed by atoms with van der Waals surface area (Å²) in [6.07, 6.45) is 8.28. The van der Waals surface area contributed by atoms with Gasteiger partial charge in [0.2, 0.25) is 0 Å². The number of hydrogen-bond donors (Lipinski definition) is 1. The molecule has 1 heteroatoms. The molecule has 1 fully saturated rings. The largest absolute Gasteiger partial charge is 0.330 e. The highest BCUT2D eigenvalue weighted by molar-refractivity contribution is 4.86. The third-order valence-electron chi connectivity index (χ3n) is 4.93. The lowest BCUT2D eigenvalue weighted by atomic mass is 9.76. The second-order valence-electron chi connectivity index (χ2n) is 7.81. The SMILES string of the molecule is CCC1CC(C)(C)CC(CN)CC1CCC(C)C. The lowest BCUT2D eigenvalue weighted by Crippen LogP contribution is -2.21. The Morgan fingerprint density at radius 3 is 2.33 bits per heavy atom. The zero-order valence-electron chi connectivity index (χ0n) is 13.3. The molecule has 2 N–H and O–H groups in total. The Labute approximate surface area is 115 Å². The van der Waals surface area contributed by atoms with Crippen LogP contribution in [0.25, 0.3) is 0 Å². The van der Waals surface area contributed by atoms with Gasteiger partial charge in [-0.15, -0.1) is 0 Å². The first-order chi connectivity index (χ1) is 8.38. The Morgan fingerprint density at radius 2 is 1.83 bits per heavy atom. The van der Waals surface area contributed by atoms with E-state index in [0.29, 0.717) is 5.41 Å². The van der Waals surface area contributed by atoms with Crippen LogP contribution in [0.4, 0.5) is 0 Å². The summed E-state index contributed by atoms with van der Waals surface area (Å²) in [5, 5.41) is 0. The average Bonchev–Trinajstić information content (AvgIpc) is 2.41. The van der Waals surface area contributed by atoms with Crippen molar-refractivity contribution in [3.63, 3.8) is 0 Å². The minimum absolute atomic E-state index is 0.497. The third-order valence-corrected chi connectivity index (χ3v) is 4.93. The molecule has 0 aromatic rings. The van der Waals surface area contributed by atoms with E-state index >= 15 is 0 Å². The summed E-state index contributed by atoms with van der Waals surface area (Å²) in [6, 6.07) is 0. The summed E-state index contributed by atoms with van der Waals surface area (Å²) in [6.45, 7) is 12.9. The quantitative estimate of drug-likeness (QED) is 0.696. The van der Waals surface area contributed by atoms with Gasteiger partial charge in [-0.3, -0.25) is 0 Å². The zero-order valence-corrected chi connectivity index (χ0v) is 13.3. The van der Waals surface area contributed by atoms with Crippen LogP contribution in [-0.4, -0.2) is 6.54 Å². The van der Waals surface area contributed by atoms with Gasteiger partial charge < -0.3 is 5.73 Å². The van der Waals surface area contributed by atoms with Crippen LogP contribution in [0.2, 0.25) is 0 Å². The Balaban J connectivity index is 2.71. The van der Waals surface area contributed by atoms with Crippen LogP contribution in [-0.2, 0) is 0 Å². The van der Waals surface area contributed by atoms with Gasteiger partial charge in [0.25, 0.3) is 0 Å². The van der Waals surface area contributed by atoms with E-state index in [1.165, 1.54) is 38.5 Å². The molecule has 18 heavy (non-hydrogen) atoms. The lowest BCUT2D eigenvalue weighted by molar-refractivity contribution is 0.212. The highest BCUT2D eigenvalue weighted by atomic mass is 14.6. The van der Waals surface area contributed by atoms with Crippen LogP contribution in [0.5, 0.6) is 0 Å². The van der Waals surface area contributed by atoms with Gasteiger partial charge in [0.1, 0.15) is 0 Å². The van der Waals surface area contributed by atoms with Crippen molar-refractivity contribution in [2.45, 2.75) is 73.1 Å². The fourth-order valence-corrected chi connectivity index (χ4v) is 4.00. The van der Waals surface area contributed by atoms with Crippen LogP contribution in [0, 0.1) is 29.1 Å². The molecule has 3 unspecified atom stereocenters. The molecular weight excluding hydrogens is 218 g/mol. The number of nitrogens with two attached hydrogens (primary N) is 1. The minimum atomic E-state index is 0.497. The first-order valence-corrected chi connectivity index (χ1v) is 8.08. The van der Waals surface area contributed by atoms with Gasteiger partial charge in [-0.2, -0.15) is 0 Å². The van der Waals surface area contributed by atoms with Crippen LogP contribution in [0.1, 0.15) is 73.1 Å². The molecule has 108 valence electrons. The van der Waals surface area contributed by atoms with Crippen LogP contribution >= 0.6 is 0 Å². The van der Waals surface area contributed by atoms with Crippen LogP contribution in [0.3, 0.4) is 0 Å². The smallest absolute Gasteiger partial charge is 0.00486 e. The molecule has 0 aromatic heterocycles. The molecule has 0 radical (unpaired) electrons. The fraction of sp³-hybridized carbons (Fsp3) is 1.00. The maximum atomic E-state index is 6.00. The van der Waals surface area contributed by atoms with Crippen molar-refractivity contribution in [2.24, 2.45) is 34.8 Å². The van der Waals surface area contributed by atoms with Gasteiger partial charge in [0.15, 0.2) is 0 Å². The maximum Gasteiger partial charge on any atom is -0.00486 e. The molecule has 0 amide bonds. The van der Waals surface area contributed by atoms with Crippen molar-refractivity contribution < 1.29 is 0 Å². The van der Waals surface area contributed by atoms with E-state index in [2.05, 4.69) is 34.6 Å². The number of rotatable bonds is 5. The normalized spacial score (nSPS) is 32.5. The molecule has 1 saturated carbocycles. The topological polar surface area (TPSA) is 26.0 Å². The Bertz CT molecular complexity index is 232. The van der Waals surface area contributed by atoms with E-state index in [1.54, 1.807) is 0 Å². The van der Waals surface area contributed by atoms with Gasteiger partial charge in [0.05, 0.1) is 0 Å². The van der Waals surface area contributed by atoms with Crippen molar-refractivity contribution >= 4 is 0 Å². The van der Waals surface area contributed by atoms with E-state index in [-0.39, 0.29) is 0 Å². The summed E-state index contributed by atoms with van der Waals surface area (Å²) >= 11 is 0. The van der Waals surface area contributed by atoms with Crippen LogP contribution in [0.15, 0.2) is 0 Å². The van der Waals surface area contributed by atoms with E-state index in [9.17, 15) is 0 Å². The molecule has 1 rings (SSSR count). The molecule has 3 atom stereocenters. The van der Waals surface area contributed by atoms with Gasteiger partial charge >= 0.3 is 0 Å². The highest BCUT2D eigenvalue weighted by Gasteiger charge is 2.35. The molecule has 0 saturated heterocycles. The van der Waals surface area contributed by atoms with Crippen LogP contribution < -0.4 is 5.73 Å². The summed E-state index contributed by atoms with van der Waals surface area (Å²) in [7, 11) is 0. The highest BCUT2D eigenvalue weighted by Crippen LogP contribution is 2.45. The van der Waals surface area contributed by atoms with E-state index in [1.807, 2.05) is 0 Å². The van der Waals surface area contributed by atoms with Gasteiger partial charge in [0, 0.05) is 0 Å². The van der Waals surface area contributed by atoms with Crippen molar-refractivity contribution in [2.75, 3.05) is 6.54 Å². The summed E-state index contributed by atoms with van der Waals surface area (Å²) in [5.41, 5.74) is 6.50. The molecular formula is C17H35N. The zero-order chi connectivity index (χ0) is 13.8. The molecule has 0 spiro atoms. The monoisotopic (exact) mass is 253 g/mol. The summed E-state index contributed by atoms with van der Waals surface area (Å²) in [4.78, 5) is 0. The molecule has 0 heterocycles. The van der Waals surface area contributed by atoms with E-state index < -0.39 is 0 Å². The molecule has 0 aromatic carbocycles. The van der Waals surface area contributed by atoms with Crippen molar-refractivity contribution in [3.05, 3.63) is 0 Å². The fourth-order valence-electron chi connectivity index (χ4n) is 4.00. The molecule has 1 aliphatic rings. The minimum Gasteiger partial charge on any atom is -0.330 e. The van der Waals surface area contributed by atoms with Gasteiger partial charge in [-0.25, -0.2) is 0 Å². The average molecular weight is 253 g/mol. The van der Waals surface area contributed by atoms with Crippen molar-refractivity contribution in [1.82, 2.24) is 0 Å². The Morgan fingerprint density at radius 1 is 1.17 bits per heavy atom.